The van der Waals surface area contributed by atoms with Gasteiger partial charge in [-0.1, -0.05) is 15.9 Å². The number of nitrogens with zero attached hydrogens (tertiary/aromatic N) is 4. The number of aromatic nitrogens is 4. The zero-order valence-corrected chi connectivity index (χ0v) is 13.7. The number of ether oxygens (including phenoxy) is 1. The lowest BCUT2D eigenvalue weighted by Gasteiger charge is -1.97. The van der Waals surface area contributed by atoms with Gasteiger partial charge in [-0.15, -0.1) is 0 Å². The molecule has 0 aromatic carbocycles. The molecular formula is C15H15BrN4O2. The molecule has 22 heavy (non-hydrogen) atoms. The first-order valence-electron chi connectivity index (χ1n) is 6.91. The number of carbonyl (C=O) groups is 1. The number of carbonyl (C=O) groups excluding carboxylic acids is 1. The standard InChI is InChI=1S/C15H15BrN4O2/c1-2-22-15(21)12-7-17-20(8-12)10-13-9-19-4-3-11(6-16)5-14(19)18-13/h3-5,7-9H,2,6,10H2,1H3. The number of halogens is 1. The highest BCUT2D eigenvalue weighted by atomic mass is 79.9. The van der Waals surface area contributed by atoms with Crippen LogP contribution in [0.3, 0.4) is 0 Å². The van der Waals surface area contributed by atoms with E-state index in [0.29, 0.717) is 18.7 Å². The van der Waals surface area contributed by atoms with Gasteiger partial charge in [-0.3, -0.25) is 4.68 Å². The van der Waals surface area contributed by atoms with Crippen molar-refractivity contribution in [1.82, 2.24) is 19.2 Å². The smallest absolute Gasteiger partial charge is 0.341 e. The molecule has 0 amide bonds. The van der Waals surface area contributed by atoms with Crippen molar-refractivity contribution in [3.05, 3.63) is 53.7 Å². The normalized spacial score (nSPS) is 11.0. The Morgan fingerprint density at radius 2 is 2.27 bits per heavy atom. The van der Waals surface area contributed by atoms with Gasteiger partial charge in [0.05, 0.1) is 30.6 Å². The van der Waals surface area contributed by atoms with Crippen molar-refractivity contribution in [2.75, 3.05) is 6.61 Å². The lowest BCUT2D eigenvalue weighted by Crippen LogP contribution is -2.04. The van der Waals surface area contributed by atoms with Crippen LogP contribution >= 0.6 is 15.9 Å². The minimum absolute atomic E-state index is 0.354. The van der Waals surface area contributed by atoms with E-state index in [1.165, 1.54) is 11.8 Å². The number of esters is 1. The van der Waals surface area contributed by atoms with Gasteiger partial charge in [0.25, 0.3) is 0 Å². The third-order valence-electron chi connectivity index (χ3n) is 3.20. The van der Waals surface area contributed by atoms with Crippen LogP contribution in [0.1, 0.15) is 28.5 Å². The Bertz CT molecular complexity index is 809. The predicted molar refractivity (Wildman–Crippen MR) is 85.1 cm³/mol. The topological polar surface area (TPSA) is 61.4 Å². The summed E-state index contributed by atoms with van der Waals surface area (Å²) in [5.41, 5.74) is 3.40. The van der Waals surface area contributed by atoms with Crippen molar-refractivity contribution in [2.45, 2.75) is 18.8 Å². The van der Waals surface area contributed by atoms with E-state index in [1.54, 1.807) is 17.8 Å². The third kappa shape index (κ3) is 3.04. The summed E-state index contributed by atoms with van der Waals surface area (Å²) >= 11 is 3.44. The fourth-order valence-electron chi connectivity index (χ4n) is 2.17. The first-order chi connectivity index (χ1) is 10.7. The van der Waals surface area contributed by atoms with Crippen LogP contribution in [0.5, 0.6) is 0 Å². The summed E-state index contributed by atoms with van der Waals surface area (Å²) in [6.45, 7) is 2.64. The van der Waals surface area contributed by atoms with E-state index in [2.05, 4.69) is 26.0 Å². The molecule has 0 aliphatic rings. The molecule has 0 saturated heterocycles. The van der Waals surface area contributed by atoms with Gasteiger partial charge in [-0.05, 0) is 24.6 Å². The molecule has 3 heterocycles. The van der Waals surface area contributed by atoms with Gasteiger partial charge >= 0.3 is 5.97 Å². The Kier molecular flexibility index (Phi) is 4.24. The SMILES string of the molecule is CCOC(=O)c1cnn(Cc2cn3ccc(CBr)cc3n2)c1. The molecule has 0 spiro atoms. The van der Waals surface area contributed by atoms with Crippen LogP contribution in [-0.2, 0) is 16.6 Å². The molecule has 0 aliphatic carbocycles. The quantitative estimate of drug-likeness (QED) is 0.517. The van der Waals surface area contributed by atoms with E-state index in [0.717, 1.165) is 16.7 Å². The summed E-state index contributed by atoms with van der Waals surface area (Å²) in [5.74, 6) is -0.356. The molecule has 0 unspecified atom stereocenters. The third-order valence-corrected chi connectivity index (χ3v) is 3.84. The lowest BCUT2D eigenvalue weighted by molar-refractivity contribution is 0.0526. The number of imidazole rings is 1. The molecule has 0 saturated carbocycles. The Balaban J connectivity index is 1.79. The van der Waals surface area contributed by atoms with Gasteiger partial charge in [0.2, 0.25) is 0 Å². The van der Waals surface area contributed by atoms with E-state index in [9.17, 15) is 4.79 Å². The van der Waals surface area contributed by atoms with Gasteiger partial charge in [-0.25, -0.2) is 9.78 Å². The maximum atomic E-state index is 11.6. The van der Waals surface area contributed by atoms with Crippen LogP contribution in [0.15, 0.2) is 36.9 Å². The molecule has 114 valence electrons. The number of rotatable bonds is 5. The molecular weight excluding hydrogens is 348 g/mol. The first-order valence-corrected chi connectivity index (χ1v) is 8.04. The molecule has 0 atom stereocenters. The van der Waals surface area contributed by atoms with Crippen LogP contribution < -0.4 is 0 Å². The second-order valence-corrected chi connectivity index (χ2v) is 5.37. The first kappa shape index (κ1) is 14.8. The van der Waals surface area contributed by atoms with Crippen molar-refractivity contribution in [2.24, 2.45) is 0 Å². The minimum atomic E-state index is -0.356. The molecule has 6 nitrogen and oxygen atoms in total. The van der Waals surface area contributed by atoms with E-state index in [1.807, 2.05) is 28.9 Å². The van der Waals surface area contributed by atoms with Crippen molar-refractivity contribution in [3.8, 4) is 0 Å². The monoisotopic (exact) mass is 362 g/mol. The predicted octanol–water partition coefficient (Wildman–Crippen LogP) is 2.65. The van der Waals surface area contributed by atoms with Crippen LogP contribution in [0.4, 0.5) is 0 Å². The van der Waals surface area contributed by atoms with Crippen molar-refractivity contribution < 1.29 is 9.53 Å². The van der Waals surface area contributed by atoms with E-state index in [4.69, 9.17) is 4.74 Å². The zero-order valence-electron chi connectivity index (χ0n) is 12.1. The van der Waals surface area contributed by atoms with Crippen LogP contribution in [0, 0.1) is 0 Å². The van der Waals surface area contributed by atoms with Crippen LogP contribution in [0.25, 0.3) is 5.65 Å². The Hall–Kier alpha value is -2.15. The fourth-order valence-corrected chi connectivity index (χ4v) is 2.52. The molecule has 3 aromatic rings. The number of hydrogen-bond donors (Lipinski definition) is 0. The van der Waals surface area contributed by atoms with Crippen molar-refractivity contribution in [1.29, 1.82) is 0 Å². The van der Waals surface area contributed by atoms with Crippen LogP contribution in [0.2, 0.25) is 0 Å². The number of hydrogen-bond acceptors (Lipinski definition) is 4. The second kappa shape index (κ2) is 6.31. The molecule has 0 bridgehead atoms. The van der Waals surface area contributed by atoms with Gasteiger partial charge < -0.3 is 9.14 Å². The maximum Gasteiger partial charge on any atom is 0.341 e. The average molecular weight is 363 g/mol. The average Bonchev–Trinajstić information content (AvgIpc) is 3.13. The lowest BCUT2D eigenvalue weighted by atomic mass is 10.3. The molecule has 0 fully saturated rings. The Morgan fingerprint density at radius 1 is 1.41 bits per heavy atom. The second-order valence-electron chi connectivity index (χ2n) is 4.81. The number of fused-ring (bicyclic) bond motifs is 1. The molecule has 3 rings (SSSR count). The summed E-state index contributed by atoms with van der Waals surface area (Å²) in [6.07, 6.45) is 7.12. The number of pyridine rings is 1. The van der Waals surface area contributed by atoms with Gasteiger partial charge in [0.1, 0.15) is 5.65 Å². The van der Waals surface area contributed by atoms with E-state index < -0.39 is 0 Å². The fraction of sp³-hybridized carbons (Fsp3) is 0.267. The number of alkyl halides is 1. The Labute approximate surface area is 135 Å². The largest absolute Gasteiger partial charge is 0.462 e. The van der Waals surface area contributed by atoms with E-state index in [-0.39, 0.29) is 5.97 Å². The van der Waals surface area contributed by atoms with Crippen LogP contribution in [-0.4, -0.2) is 31.7 Å². The summed E-state index contributed by atoms with van der Waals surface area (Å²) < 4.78 is 8.60. The maximum absolute atomic E-state index is 11.6. The van der Waals surface area contributed by atoms with Crippen molar-refractivity contribution in [3.63, 3.8) is 0 Å². The Morgan fingerprint density at radius 3 is 3.05 bits per heavy atom. The minimum Gasteiger partial charge on any atom is -0.462 e. The highest BCUT2D eigenvalue weighted by Gasteiger charge is 2.10. The summed E-state index contributed by atoms with van der Waals surface area (Å²) in [7, 11) is 0. The van der Waals surface area contributed by atoms with E-state index >= 15 is 0 Å². The highest BCUT2D eigenvalue weighted by molar-refractivity contribution is 9.08. The summed E-state index contributed by atoms with van der Waals surface area (Å²) in [6, 6.07) is 4.07. The summed E-state index contributed by atoms with van der Waals surface area (Å²) in [4.78, 5) is 16.2. The van der Waals surface area contributed by atoms with Crippen molar-refractivity contribution >= 4 is 27.5 Å². The zero-order chi connectivity index (χ0) is 15.5. The van der Waals surface area contributed by atoms with Gasteiger partial charge in [0, 0.05) is 23.9 Å². The highest BCUT2D eigenvalue weighted by Crippen LogP contribution is 2.12. The molecule has 3 aromatic heterocycles. The molecule has 0 N–H and O–H groups in total. The molecule has 0 aliphatic heterocycles. The van der Waals surface area contributed by atoms with Gasteiger partial charge in [-0.2, -0.15) is 5.10 Å². The molecule has 0 radical (unpaired) electrons. The molecule has 7 heteroatoms. The van der Waals surface area contributed by atoms with Gasteiger partial charge in [0.15, 0.2) is 0 Å². The summed E-state index contributed by atoms with van der Waals surface area (Å²) in [5, 5.41) is 4.98.